The molecule has 0 aliphatic rings. The molecule has 20 heavy (non-hydrogen) atoms. The highest BCUT2D eigenvalue weighted by Gasteiger charge is 2.11. The van der Waals surface area contributed by atoms with Gasteiger partial charge in [0.1, 0.15) is 12.4 Å². The Bertz CT molecular complexity index is 553. The number of hydrogen-bond donors (Lipinski definition) is 1. The number of halogens is 1. The molecule has 0 amide bonds. The van der Waals surface area contributed by atoms with Crippen molar-refractivity contribution in [2.24, 2.45) is 0 Å². The number of nitrogens with zero attached hydrogens (tertiary/aromatic N) is 1. The van der Waals surface area contributed by atoms with E-state index >= 15 is 0 Å². The quantitative estimate of drug-likeness (QED) is 0.869. The molecule has 1 aromatic carbocycles. The fourth-order valence-corrected chi connectivity index (χ4v) is 2.53. The van der Waals surface area contributed by atoms with Crippen LogP contribution in [0, 0.1) is 6.92 Å². The minimum absolute atomic E-state index is 0.386. The molecule has 2 aromatic rings. The molecule has 1 heterocycles. The van der Waals surface area contributed by atoms with Gasteiger partial charge in [0, 0.05) is 28.7 Å². The van der Waals surface area contributed by atoms with Gasteiger partial charge in [-0.25, -0.2) is 0 Å². The standard InChI is InChI=1S/C15H19BrN2O2/c1-10(2)17-8-12-7-13(16)6-11(3)15(12)19-9-14-4-5-18-20-14/h4-7,10,17H,8-9H2,1-3H3. The molecule has 0 unspecified atom stereocenters. The van der Waals surface area contributed by atoms with Crippen LogP contribution >= 0.6 is 15.9 Å². The van der Waals surface area contributed by atoms with E-state index in [4.69, 9.17) is 9.26 Å². The summed E-state index contributed by atoms with van der Waals surface area (Å²) in [6, 6.07) is 6.36. The molecule has 0 aliphatic heterocycles. The van der Waals surface area contributed by atoms with Crippen LogP contribution in [0.25, 0.3) is 0 Å². The Morgan fingerprint density at radius 2 is 2.20 bits per heavy atom. The van der Waals surface area contributed by atoms with Gasteiger partial charge in [-0.2, -0.15) is 0 Å². The first-order chi connectivity index (χ1) is 9.56. The Labute approximate surface area is 127 Å². The maximum Gasteiger partial charge on any atom is 0.174 e. The summed E-state index contributed by atoms with van der Waals surface area (Å²) in [5, 5.41) is 7.09. The molecular formula is C15H19BrN2O2. The van der Waals surface area contributed by atoms with Crippen molar-refractivity contribution >= 4 is 15.9 Å². The van der Waals surface area contributed by atoms with Crippen LogP contribution in [0.3, 0.4) is 0 Å². The van der Waals surface area contributed by atoms with Crippen LogP contribution in [0.1, 0.15) is 30.7 Å². The third-order valence-electron chi connectivity index (χ3n) is 2.87. The molecule has 0 saturated heterocycles. The first-order valence-electron chi connectivity index (χ1n) is 6.61. The van der Waals surface area contributed by atoms with Crippen molar-refractivity contribution in [2.45, 2.75) is 40.0 Å². The van der Waals surface area contributed by atoms with E-state index in [1.54, 1.807) is 12.3 Å². The summed E-state index contributed by atoms with van der Waals surface area (Å²) in [5.41, 5.74) is 2.23. The predicted molar refractivity (Wildman–Crippen MR) is 81.7 cm³/mol. The number of ether oxygens (including phenoxy) is 1. The SMILES string of the molecule is Cc1cc(Br)cc(CNC(C)C)c1OCc1ccno1. The third-order valence-corrected chi connectivity index (χ3v) is 3.32. The highest BCUT2D eigenvalue weighted by molar-refractivity contribution is 9.10. The number of nitrogens with one attached hydrogen (secondary N) is 1. The molecule has 1 N–H and O–H groups in total. The molecule has 1 aromatic heterocycles. The van der Waals surface area contributed by atoms with Crippen molar-refractivity contribution in [3.8, 4) is 5.75 Å². The Balaban J connectivity index is 2.16. The van der Waals surface area contributed by atoms with Crippen molar-refractivity contribution in [3.63, 3.8) is 0 Å². The summed E-state index contributed by atoms with van der Waals surface area (Å²) >= 11 is 3.53. The summed E-state index contributed by atoms with van der Waals surface area (Å²) in [6.07, 6.45) is 1.62. The molecule has 0 saturated carbocycles. The third kappa shape index (κ3) is 4.08. The van der Waals surface area contributed by atoms with Gasteiger partial charge in [-0.15, -0.1) is 0 Å². The lowest BCUT2D eigenvalue weighted by atomic mass is 10.1. The number of hydrogen-bond acceptors (Lipinski definition) is 4. The van der Waals surface area contributed by atoms with Gasteiger partial charge in [-0.1, -0.05) is 34.9 Å². The molecule has 4 nitrogen and oxygen atoms in total. The minimum Gasteiger partial charge on any atom is -0.485 e. The number of benzene rings is 1. The second kappa shape index (κ2) is 6.90. The zero-order valence-electron chi connectivity index (χ0n) is 11.9. The van der Waals surface area contributed by atoms with E-state index in [2.05, 4.69) is 52.4 Å². The van der Waals surface area contributed by atoms with Crippen molar-refractivity contribution in [1.82, 2.24) is 10.5 Å². The van der Waals surface area contributed by atoms with E-state index in [-0.39, 0.29) is 0 Å². The molecule has 0 aliphatic carbocycles. The van der Waals surface area contributed by atoms with Crippen molar-refractivity contribution < 1.29 is 9.26 Å². The van der Waals surface area contributed by atoms with Crippen molar-refractivity contribution in [3.05, 3.63) is 45.8 Å². The lowest BCUT2D eigenvalue weighted by molar-refractivity contribution is 0.245. The zero-order valence-corrected chi connectivity index (χ0v) is 13.5. The molecule has 0 radical (unpaired) electrons. The normalized spacial score (nSPS) is 11.1. The Morgan fingerprint density at radius 1 is 1.40 bits per heavy atom. The number of aromatic nitrogens is 1. The van der Waals surface area contributed by atoms with E-state index in [0.29, 0.717) is 12.6 Å². The van der Waals surface area contributed by atoms with E-state index in [1.807, 2.05) is 6.92 Å². The summed E-state index contributed by atoms with van der Waals surface area (Å²) in [7, 11) is 0. The Kier molecular flexibility index (Phi) is 5.20. The predicted octanol–water partition coefficient (Wildman–Crippen LogP) is 3.82. The number of aryl methyl sites for hydroxylation is 1. The van der Waals surface area contributed by atoms with Crippen LogP contribution in [-0.2, 0) is 13.2 Å². The molecule has 108 valence electrons. The zero-order chi connectivity index (χ0) is 14.5. The second-order valence-corrected chi connectivity index (χ2v) is 5.93. The summed E-state index contributed by atoms with van der Waals surface area (Å²) < 4.78 is 12.0. The highest BCUT2D eigenvalue weighted by Crippen LogP contribution is 2.29. The molecule has 0 atom stereocenters. The van der Waals surface area contributed by atoms with Gasteiger partial charge in [0.2, 0.25) is 0 Å². The first-order valence-corrected chi connectivity index (χ1v) is 7.40. The Morgan fingerprint density at radius 3 is 2.85 bits per heavy atom. The molecule has 0 bridgehead atoms. The van der Waals surface area contributed by atoms with Crippen LogP contribution in [0.5, 0.6) is 5.75 Å². The largest absolute Gasteiger partial charge is 0.485 e. The van der Waals surface area contributed by atoms with Gasteiger partial charge in [0.15, 0.2) is 5.76 Å². The maximum atomic E-state index is 5.91. The van der Waals surface area contributed by atoms with E-state index in [0.717, 1.165) is 33.7 Å². The molecule has 2 rings (SSSR count). The average molecular weight is 339 g/mol. The van der Waals surface area contributed by atoms with E-state index < -0.39 is 0 Å². The summed E-state index contributed by atoms with van der Waals surface area (Å²) in [5.74, 6) is 1.62. The fraction of sp³-hybridized carbons (Fsp3) is 0.400. The van der Waals surface area contributed by atoms with Gasteiger partial charge < -0.3 is 14.6 Å². The fourth-order valence-electron chi connectivity index (χ4n) is 1.91. The molecule has 0 fully saturated rings. The topological polar surface area (TPSA) is 47.3 Å². The van der Waals surface area contributed by atoms with E-state index in [1.165, 1.54) is 0 Å². The van der Waals surface area contributed by atoms with Crippen LogP contribution in [0.15, 0.2) is 33.4 Å². The van der Waals surface area contributed by atoms with Crippen LogP contribution in [0.2, 0.25) is 0 Å². The lowest BCUT2D eigenvalue weighted by Gasteiger charge is -2.16. The first kappa shape index (κ1) is 15.1. The van der Waals surface area contributed by atoms with Crippen LogP contribution < -0.4 is 10.1 Å². The van der Waals surface area contributed by atoms with Crippen molar-refractivity contribution in [2.75, 3.05) is 0 Å². The minimum atomic E-state index is 0.386. The molecule has 5 heteroatoms. The molecular weight excluding hydrogens is 320 g/mol. The van der Waals surface area contributed by atoms with Gasteiger partial charge >= 0.3 is 0 Å². The summed E-state index contributed by atoms with van der Waals surface area (Å²) in [6.45, 7) is 7.44. The smallest absolute Gasteiger partial charge is 0.174 e. The van der Waals surface area contributed by atoms with Gasteiger partial charge in [0.05, 0.1) is 6.20 Å². The van der Waals surface area contributed by atoms with Gasteiger partial charge in [-0.05, 0) is 24.6 Å². The second-order valence-electron chi connectivity index (χ2n) is 5.01. The number of rotatable bonds is 6. The van der Waals surface area contributed by atoms with Gasteiger partial charge in [0.25, 0.3) is 0 Å². The van der Waals surface area contributed by atoms with Crippen LogP contribution in [0.4, 0.5) is 0 Å². The average Bonchev–Trinajstić information content (AvgIpc) is 2.88. The monoisotopic (exact) mass is 338 g/mol. The van der Waals surface area contributed by atoms with Crippen molar-refractivity contribution in [1.29, 1.82) is 0 Å². The Hall–Kier alpha value is -1.33. The highest BCUT2D eigenvalue weighted by atomic mass is 79.9. The maximum absolute atomic E-state index is 5.91. The lowest BCUT2D eigenvalue weighted by Crippen LogP contribution is -2.22. The van der Waals surface area contributed by atoms with E-state index in [9.17, 15) is 0 Å². The molecule has 0 spiro atoms. The van der Waals surface area contributed by atoms with Gasteiger partial charge in [-0.3, -0.25) is 0 Å². The summed E-state index contributed by atoms with van der Waals surface area (Å²) in [4.78, 5) is 0. The van der Waals surface area contributed by atoms with Crippen LogP contribution in [-0.4, -0.2) is 11.2 Å².